The maximum Gasteiger partial charge on any atom is 0.179 e. The number of hydrogen-bond donors (Lipinski definition) is 0. The van der Waals surface area contributed by atoms with Gasteiger partial charge >= 0.3 is 0 Å². The highest BCUT2D eigenvalue weighted by Crippen LogP contribution is 2.39. The third-order valence-corrected chi connectivity index (χ3v) is 5.16. The van der Waals surface area contributed by atoms with Crippen LogP contribution in [0.2, 0.25) is 0 Å². The van der Waals surface area contributed by atoms with E-state index in [1.807, 2.05) is 35.7 Å². The second kappa shape index (κ2) is 6.75. The van der Waals surface area contributed by atoms with Crippen molar-refractivity contribution in [3.05, 3.63) is 24.7 Å². The van der Waals surface area contributed by atoms with E-state index in [0.29, 0.717) is 5.82 Å². The van der Waals surface area contributed by atoms with Gasteiger partial charge in [0.1, 0.15) is 28.8 Å². The average molecular weight is 379 g/mol. The van der Waals surface area contributed by atoms with E-state index in [0.717, 1.165) is 25.3 Å². The lowest BCUT2D eigenvalue weighted by Crippen LogP contribution is -2.23. The molecule has 0 radical (unpaired) electrons. The molecule has 7 heteroatoms. The molecule has 2 rings (SSSR count). The van der Waals surface area contributed by atoms with Crippen molar-refractivity contribution in [3.8, 4) is 0 Å². The first-order valence-corrected chi connectivity index (χ1v) is 8.13. The summed E-state index contributed by atoms with van der Waals surface area (Å²) in [6.45, 7) is 7.44. The summed E-state index contributed by atoms with van der Waals surface area (Å²) in [6.07, 6.45) is 4.63. The lowest BCUT2D eigenvalue weighted by molar-refractivity contribution is 0.236. The van der Waals surface area contributed by atoms with E-state index in [-0.39, 0.29) is 6.10 Å². The Labute approximate surface area is 122 Å². The fraction of sp³-hybridized carbons (Fsp3) is 0.455. The molecule has 98 valence electrons. The molecule has 0 bridgehead atoms. The molecular formula is C11H15IN3O2P. The van der Waals surface area contributed by atoms with Crippen LogP contribution in [0.15, 0.2) is 18.8 Å². The molecule has 2 atom stereocenters. The van der Waals surface area contributed by atoms with Crippen molar-refractivity contribution in [1.82, 2.24) is 9.97 Å². The summed E-state index contributed by atoms with van der Waals surface area (Å²) in [6, 6.07) is 1.92. The first-order chi connectivity index (χ1) is 8.72. The average Bonchev–Trinajstić information content (AvgIpc) is 2.87. The van der Waals surface area contributed by atoms with Gasteiger partial charge in [-0.3, -0.25) is 2.85 Å². The molecule has 1 aliphatic rings. The SMILES string of the molecule is C=Cc1nccc(N2CCC(OP(C)OI)C2)n1. The predicted octanol–water partition coefficient (Wildman–Crippen LogP) is 3.02. The molecule has 2 heterocycles. The zero-order valence-corrected chi connectivity index (χ0v) is 13.2. The van der Waals surface area contributed by atoms with Crippen LogP contribution in [0.1, 0.15) is 12.2 Å². The summed E-state index contributed by atoms with van der Waals surface area (Å²) in [5, 5.41) is 0. The summed E-state index contributed by atoms with van der Waals surface area (Å²) in [5.74, 6) is 1.59. The Morgan fingerprint density at radius 2 is 2.50 bits per heavy atom. The quantitative estimate of drug-likeness (QED) is 0.582. The van der Waals surface area contributed by atoms with Gasteiger partial charge in [0.2, 0.25) is 0 Å². The van der Waals surface area contributed by atoms with Crippen LogP contribution in [0.4, 0.5) is 5.82 Å². The van der Waals surface area contributed by atoms with Crippen molar-refractivity contribution < 1.29 is 7.38 Å². The van der Waals surface area contributed by atoms with Crippen LogP contribution in [0.5, 0.6) is 0 Å². The minimum Gasteiger partial charge on any atom is -0.354 e. The largest absolute Gasteiger partial charge is 0.354 e. The van der Waals surface area contributed by atoms with Crippen molar-refractivity contribution in [1.29, 1.82) is 0 Å². The molecule has 1 aromatic rings. The zero-order chi connectivity index (χ0) is 13.0. The van der Waals surface area contributed by atoms with Gasteiger partial charge in [-0.05, 0) is 18.6 Å². The fourth-order valence-corrected chi connectivity index (χ4v) is 2.79. The molecule has 1 aliphatic heterocycles. The lowest BCUT2D eigenvalue weighted by Gasteiger charge is -2.18. The van der Waals surface area contributed by atoms with Gasteiger partial charge in [0.05, 0.1) is 6.10 Å². The van der Waals surface area contributed by atoms with Gasteiger partial charge in [0.25, 0.3) is 0 Å². The summed E-state index contributed by atoms with van der Waals surface area (Å²) >= 11 is 1.88. The van der Waals surface area contributed by atoms with Gasteiger partial charge in [-0.2, -0.15) is 0 Å². The highest BCUT2D eigenvalue weighted by atomic mass is 127. The number of halogens is 1. The Morgan fingerprint density at radius 3 is 3.22 bits per heavy atom. The lowest BCUT2D eigenvalue weighted by atomic mass is 10.3. The first-order valence-electron chi connectivity index (χ1n) is 5.62. The van der Waals surface area contributed by atoms with Gasteiger partial charge in [-0.25, -0.2) is 9.97 Å². The van der Waals surface area contributed by atoms with Crippen molar-refractivity contribution >= 4 is 43.3 Å². The standard InChI is InChI=1S/C11H15IN3O2P/c1-3-10-13-6-4-11(14-10)15-7-5-9(8-15)16-18(2)17-12/h3-4,6,9H,1,5,7-8H2,2H3. The highest BCUT2D eigenvalue weighted by Gasteiger charge is 2.26. The van der Waals surface area contributed by atoms with Crippen LogP contribution in [0, 0.1) is 0 Å². The van der Waals surface area contributed by atoms with Crippen LogP contribution in [0.25, 0.3) is 6.08 Å². The molecule has 1 saturated heterocycles. The van der Waals surface area contributed by atoms with Crippen molar-refractivity contribution in [3.63, 3.8) is 0 Å². The van der Waals surface area contributed by atoms with E-state index in [4.69, 9.17) is 7.38 Å². The topological polar surface area (TPSA) is 47.5 Å². The van der Waals surface area contributed by atoms with Crippen LogP contribution in [-0.2, 0) is 7.38 Å². The van der Waals surface area contributed by atoms with Crippen LogP contribution < -0.4 is 4.90 Å². The normalized spacial score (nSPS) is 21.0. The molecule has 2 unspecified atom stereocenters. The van der Waals surface area contributed by atoms with Gasteiger partial charge in [0.15, 0.2) is 14.2 Å². The second-order valence-electron chi connectivity index (χ2n) is 3.95. The minimum atomic E-state index is -0.776. The molecule has 0 aliphatic carbocycles. The fourth-order valence-electron chi connectivity index (χ4n) is 1.89. The predicted molar refractivity (Wildman–Crippen MR) is 81.8 cm³/mol. The number of anilines is 1. The molecular weight excluding hydrogens is 364 g/mol. The molecule has 1 aromatic heterocycles. The summed E-state index contributed by atoms with van der Waals surface area (Å²) in [7, 11) is -0.776. The number of rotatable bonds is 5. The van der Waals surface area contributed by atoms with E-state index >= 15 is 0 Å². The molecule has 5 nitrogen and oxygen atoms in total. The Bertz CT molecular complexity index is 421. The Balaban J connectivity index is 1.97. The molecule has 0 spiro atoms. The van der Waals surface area contributed by atoms with E-state index in [9.17, 15) is 0 Å². The number of nitrogens with zero attached hydrogens (tertiary/aromatic N) is 3. The first kappa shape index (κ1) is 14.1. The molecule has 0 amide bonds. The number of hydrogen-bond acceptors (Lipinski definition) is 5. The van der Waals surface area contributed by atoms with E-state index in [2.05, 4.69) is 21.4 Å². The van der Waals surface area contributed by atoms with Crippen LogP contribution in [0.3, 0.4) is 0 Å². The van der Waals surface area contributed by atoms with Gasteiger partial charge in [0, 0.05) is 26.0 Å². The smallest absolute Gasteiger partial charge is 0.179 e. The number of aromatic nitrogens is 2. The Morgan fingerprint density at radius 1 is 1.67 bits per heavy atom. The maximum atomic E-state index is 5.80. The third kappa shape index (κ3) is 3.60. The van der Waals surface area contributed by atoms with E-state index in [1.54, 1.807) is 12.3 Å². The maximum absolute atomic E-state index is 5.80. The molecule has 0 aromatic carbocycles. The highest BCUT2D eigenvalue weighted by molar-refractivity contribution is 14.1. The second-order valence-corrected chi connectivity index (χ2v) is 6.36. The third-order valence-electron chi connectivity index (χ3n) is 2.71. The monoisotopic (exact) mass is 379 g/mol. The van der Waals surface area contributed by atoms with E-state index < -0.39 is 8.38 Å². The molecule has 18 heavy (non-hydrogen) atoms. The molecule has 1 fully saturated rings. The molecule has 0 saturated carbocycles. The van der Waals surface area contributed by atoms with E-state index in [1.165, 1.54) is 0 Å². The summed E-state index contributed by atoms with van der Waals surface area (Å²) in [4.78, 5) is 10.7. The Kier molecular flexibility index (Phi) is 5.29. The summed E-state index contributed by atoms with van der Waals surface area (Å²) in [5.41, 5.74) is 0. The van der Waals surface area contributed by atoms with Crippen molar-refractivity contribution in [2.45, 2.75) is 12.5 Å². The van der Waals surface area contributed by atoms with Crippen molar-refractivity contribution in [2.75, 3.05) is 24.7 Å². The Hall–Kier alpha value is -0.300. The summed E-state index contributed by atoms with van der Waals surface area (Å²) < 4.78 is 10.9. The van der Waals surface area contributed by atoms with Gasteiger partial charge in [-0.15, -0.1) is 0 Å². The van der Waals surface area contributed by atoms with Crippen molar-refractivity contribution in [2.24, 2.45) is 0 Å². The zero-order valence-electron chi connectivity index (χ0n) is 10.1. The molecule has 0 N–H and O–H groups in total. The van der Waals surface area contributed by atoms with Gasteiger partial charge in [-0.1, -0.05) is 6.58 Å². The van der Waals surface area contributed by atoms with Crippen LogP contribution in [-0.4, -0.2) is 35.8 Å². The van der Waals surface area contributed by atoms with Crippen LogP contribution >= 0.6 is 31.4 Å². The van der Waals surface area contributed by atoms with Gasteiger partial charge < -0.3 is 9.42 Å². The minimum absolute atomic E-state index is 0.220.